The fraction of sp³-hybridized carbons (Fsp3) is 0.424. The van der Waals surface area contributed by atoms with Gasteiger partial charge in [0.05, 0.1) is 18.5 Å². The average Bonchev–Trinajstić information content (AvgIpc) is 3.64. The van der Waals surface area contributed by atoms with Gasteiger partial charge in [-0.15, -0.1) is 0 Å². The molecule has 0 spiro atoms. The standard InChI is InChI=1S/C29H34N4.C4H8O2/c1-8-20-18(6)27-14-29-21(9-2)17(5)26(32-29)12-22-15(3)10-24(30-22)19(7)25-11-16(4)23(31-25)13-28(20)33-27;1-3-4(5)6-2/h11-15,32-33H,8-10H2,1-7H3;3H2,1-2H3. The Balaban J connectivity index is 0.000000531. The zero-order chi connectivity index (χ0) is 28.4. The first-order valence-corrected chi connectivity index (χ1v) is 14.1. The molecule has 206 valence electrons. The zero-order valence-corrected chi connectivity index (χ0v) is 24.9. The molecule has 2 N–H and O–H groups in total. The molecule has 6 nitrogen and oxygen atoms in total. The molecule has 3 aromatic heterocycles. The average molecular weight is 527 g/mol. The van der Waals surface area contributed by atoms with Gasteiger partial charge in [-0.1, -0.05) is 27.7 Å². The van der Waals surface area contributed by atoms with Crippen molar-refractivity contribution in [3.8, 4) is 0 Å². The van der Waals surface area contributed by atoms with Gasteiger partial charge in [-0.25, -0.2) is 4.98 Å². The molecule has 8 bridgehead atoms. The van der Waals surface area contributed by atoms with Gasteiger partial charge in [-0.2, -0.15) is 0 Å². The summed E-state index contributed by atoms with van der Waals surface area (Å²) in [6.07, 6.45) is 5.61. The fourth-order valence-electron chi connectivity index (χ4n) is 5.51. The van der Waals surface area contributed by atoms with E-state index in [-0.39, 0.29) is 5.97 Å². The Morgan fingerprint density at radius 2 is 1.46 bits per heavy atom. The van der Waals surface area contributed by atoms with Crippen molar-refractivity contribution in [2.75, 3.05) is 7.11 Å². The topological polar surface area (TPSA) is 83.7 Å². The number of nitrogens with one attached hydrogen (secondary N) is 2. The van der Waals surface area contributed by atoms with Gasteiger partial charge in [0.25, 0.3) is 0 Å². The Morgan fingerprint density at radius 3 is 2.00 bits per heavy atom. The number of aromatic amines is 2. The first-order valence-electron chi connectivity index (χ1n) is 14.1. The van der Waals surface area contributed by atoms with Gasteiger partial charge in [-0.05, 0) is 105 Å². The molecule has 1 unspecified atom stereocenters. The van der Waals surface area contributed by atoms with Crippen molar-refractivity contribution in [2.45, 2.75) is 87.0 Å². The summed E-state index contributed by atoms with van der Waals surface area (Å²) < 4.78 is 4.26. The molecule has 2 aliphatic rings. The second-order valence-electron chi connectivity index (χ2n) is 10.6. The molecule has 39 heavy (non-hydrogen) atoms. The second kappa shape index (κ2) is 11.6. The van der Waals surface area contributed by atoms with Crippen LogP contribution >= 0.6 is 0 Å². The largest absolute Gasteiger partial charge is 0.469 e. The van der Waals surface area contributed by atoms with E-state index in [4.69, 9.17) is 9.97 Å². The highest BCUT2D eigenvalue weighted by molar-refractivity contribution is 5.85. The van der Waals surface area contributed by atoms with Crippen LogP contribution in [0.3, 0.4) is 0 Å². The predicted molar refractivity (Wildman–Crippen MR) is 162 cm³/mol. The normalized spacial score (nSPS) is 14.5. The van der Waals surface area contributed by atoms with Gasteiger partial charge in [-0.3, -0.25) is 9.78 Å². The maximum absolute atomic E-state index is 9.96. The van der Waals surface area contributed by atoms with Crippen molar-refractivity contribution in [2.24, 2.45) is 0 Å². The number of H-pyrrole nitrogens is 2. The summed E-state index contributed by atoms with van der Waals surface area (Å²) in [6, 6.07) is 6.76. The van der Waals surface area contributed by atoms with Gasteiger partial charge < -0.3 is 14.7 Å². The molecular weight excluding hydrogens is 484 g/mol. The number of carbonyl (C=O) groups is 1. The molecule has 3 aromatic rings. The molecule has 5 heterocycles. The van der Waals surface area contributed by atoms with Crippen molar-refractivity contribution < 1.29 is 9.53 Å². The smallest absolute Gasteiger partial charge is 0.305 e. The quantitative estimate of drug-likeness (QED) is 0.341. The van der Waals surface area contributed by atoms with Crippen LogP contribution in [0.1, 0.15) is 97.6 Å². The number of carbonyl (C=O) groups excluding carboxylic acids is 1. The van der Waals surface area contributed by atoms with Crippen LogP contribution in [0.4, 0.5) is 0 Å². The summed E-state index contributed by atoms with van der Waals surface area (Å²) in [7, 11) is 1.38. The van der Waals surface area contributed by atoms with Gasteiger partial charge in [0.15, 0.2) is 0 Å². The number of fused-ring (bicyclic) bond motifs is 8. The van der Waals surface area contributed by atoms with Crippen molar-refractivity contribution in [3.63, 3.8) is 0 Å². The van der Waals surface area contributed by atoms with Crippen LogP contribution in [0.25, 0.3) is 33.7 Å². The van der Waals surface area contributed by atoms with Crippen molar-refractivity contribution in [1.29, 1.82) is 0 Å². The Labute approximate surface area is 232 Å². The number of allylic oxidation sites excluding steroid dienone is 1. The molecule has 5 rings (SSSR count). The van der Waals surface area contributed by atoms with Crippen LogP contribution in [-0.2, 0) is 28.8 Å². The van der Waals surface area contributed by atoms with Gasteiger partial charge in [0.1, 0.15) is 0 Å². The number of hydrogen-bond donors (Lipinski definition) is 2. The lowest BCUT2D eigenvalue weighted by atomic mass is 10.0. The molecular formula is C33H42N4O2. The summed E-state index contributed by atoms with van der Waals surface area (Å²) in [4.78, 5) is 27.5. The number of methoxy groups -OCH3 is 1. The maximum atomic E-state index is 9.96. The van der Waals surface area contributed by atoms with Crippen molar-refractivity contribution >= 4 is 39.7 Å². The Bertz CT molecular complexity index is 1600. The highest BCUT2D eigenvalue weighted by Crippen LogP contribution is 2.31. The lowest BCUT2D eigenvalue weighted by Crippen LogP contribution is -1.94. The first-order chi connectivity index (χ1) is 18.6. The second-order valence-corrected chi connectivity index (χ2v) is 10.6. The van der Waals surface area contributed by atoms with Crippen molar-refractivity contribution in [3.05, 3.63) is 68.8 Å². The number of aryl methyl sites for hydroxylation is 4. The van der Waals surface area contributed by atoms with Crippen LogP contribution < -0.4 is 0 Å². The van der Waals surface area contributed by atoms with Gasteiger partial charge in [0.2, 0.25) is 0 Å². The summed E-state index contributed by atoms with van der Waals surface area (Å²) in [5, 5.41) is 0. The van der Waals surface area contributed by atoms with Crippen molar-refractivity contribution in [1.82, 2.24) is 19.9 Å². The number of rotatable bonds is 3. The van der Waals surface area contributed by atoms with Gasteiger partial charge in [0, 0.05) is 45.8 Å². The summed E-state index contributed by atoms with van der Waals surface area (Å²) in [5.74, 6) is 0.239. The Morgan fingerprint density at radius 1 is 0.872 bits per heavy atom. The van der Waals surface area contributed by atoms with E-state index in [9.17, 15) is 4.79 Å². The van der Waals surface area contributed by atoms with E-state index >= 15 is 0 Å². The minimum Gasteiger partial charge on any atom is -0.469 e. The molecule has 0 aromatic carbocycles. The third-order valence-corrected chi connectivity index (χ3v) is 8.07. The number of ether oxygens (including phenoxy) is 1. The highest BCUT2D eigenvalue weighted by atomic mass is 16.5. The molecule has 0 saturated heterocycles. The molecule has 0 fully saturated rings. The predicted octanol–water partition coefficient (Wildman–Crippen LogP) is 7.84. The lowest BCUT2D eigenvalue weighted by Gasteiger charge is -2.00. The maximum Gasteiger partial charge on any atom is 0.305 e. The first kappa shape index (κ1) is 28.3. The van der Waals surface area contributed by atoms with Crippen LogP contribution in [-0.4, -0.2) is 33.0 Å². The minimum absolute atomic E-state index is 0.157. The number of esters is 1. The number of hydrogen-bond acceptors (Lipinski definition) is 4. The van der Waals surface area contributed by atoms with Crippen LogP contribution in [0, 0.1) is 20.8 Å². The molecule has 6 heteroatoms. The fourth-order valence-corrected chi connectivity index (χ4v) is 5.51. The summed E-state index contributed by atoms with van der Waals surface area (Å²) >= 11 is 0. The number of aromatic nitrogens is 4. The Hall–Kier alpha value is -3.67. The van der Waals surface area contributed by atoms with Crippen LogP contribution in [0.5, 0.6) is 0 Å². The third-order valence-electron chi connectivity index (χ3n) is 8.07. The molecule has 1 atom stereocenters. The van der Waals surface area contributed by atoms with Gasteiger partial charge >= 0.3 is 5.97 Å². The van der Waals surface area contributed by atoms with E-state index in [1.54, 1.807) is 6.92 Å². The zero-order valence-electron chi connectivity index (χ0n) is 24.9. The van der Waals surface area contributed by atoms with E-state index in [0.717, 1.165) is 47.6 Å². The molecule has 0 radical (unpaired) electrons. The Kier molecular flexibility index (Phi) is 8.43. The van der Waals surface area contributed by atoms with E-state index in [2.05, 4.69) is 87.4 Å². The summed E-state index contributed by atoms with van der Waals surface area (Å²) in [5.41, 5.74) is 16.8. The molecule has 0 aliphatic carbocycles. The molecule has 0 saturated carbocycles. The number of nitrogens with zero attached hydrogens (tertiary/aromatic N) is 2. The van der Waals surface area contributed by atoms with Crippen LogP contribution in [0.15, 0.2) is 18.2 Å². The minimum atomic E-state index is -0.157. The SMILES string of the molecule is CCC(=O)OC.CCc1c(C)c2cc3[nH]c(cc4nc(c(C)c5nc(cc1[nH]2)C(C)=C5)CC4C)c(C)c3CC. The molecule has 2 aliphatic heterocycles. The molecule has 0 amide bonds. The lowest BCUT2D eigenvalue weighted by molar-refractivity contribution is -0.140. The van der Waals surface area contributed by atoms with E-state index < -0.39 is 0 Å². The third kappa shape index (κ3) is 5.56. The van der Waals surface area contributed by atoms with E-state index in [1.807, 2.05) is 0 Å². The van der Waals surface area contributed by atoms with E-state index in [0.29, 0.717) is 12.3 Å². The summed E-state index contributed by atoms with van der Waals surface area (Å²) in [6.45, 7) is 17.3. The van der Waals surface area contributed by atoms with E-state index in [1.165, 1.54) is 57.1 Å². The highest BCUT2D eigenvalue weighted by Gasteiger charge is 2.20. The monoisotopic (exact) mass is 526 g/mol. The van der Waals surface area contributed by atoms with Crippen LogP contribution in [0.2, 0.25) is 0 Å².